The summed E-state index contributed by atoms with van der Waals surface area (Å²) in [6.45, 7) is 4.42. The van der Waals surface area contributed by atoms with Crippen molar-refractivity contribution in [1.82, 2.24) is 9.62 Å². The summed E-state index contributed by atoms with van der Waals surface area (Å²) in [7, 11) is -2.21. The summed E-state index contributed by atoms with van der Waals surface area (Å²) in [6, 6.07) is 12.9. The van der Waals surface area contributed by atoms with Crippen LogP contribution < -0.4 is 10.1 Å². The normalized spacial score (nSPS) is 16.8. The number of carbonyl (C=O) groups excluding carboxylic acids is 1. The highest BCUT2D eigenvalue weighted by Gasteiger charge is 2.34. The molecule has 0 aliphatic carbocycles. The van der Waals surface area contributed by atoms with Gasteiger partial charge in [0.15, 0.2) is 0 Å². The minimum absolute atomic E-state index is 0.0318. The van der Waals surface area contributed by atoms with Gasteiger partial charge in [0, 0.05) is 23.5 Å². The first kappa shape index (κ1) is 22.8. The molecule has 6 nitrogen and oxygen atoms in total. The molecule has 0 bridgehead atoms. The second-order valence-electron chi connectivity index (χ2n) is 7.61. The van der Waals surface area contributed by atoms with Gasteiger partial charge >= 0.3 is 0 Å². The Morgan fingerprint density at radius 1 is 1.17 bits per heavy atom. The van der Waals surface area contributed by atoms with Crippen molar-refractivity contribution in [2.75, 3.05) is 20.2 Å². The van der Waals surface area contributed by atoms with Gasteiger partial charge in [0.1, 0.15) is 10.6 Å². The molecule has 1 N–H and O–H groups in total. The molecule has 8 heteroatoms. The molecule has 2 aromatic carbocycles. The Morgan fingerprint density at radius 3 is 2.40 bits per heavy atom. The summed E-state index contributed by atoms with van der Waals surface area (Å²) in [5, 5.41) is 3.05. The van der Waals surface area contributed by atoms with Gasteiger partial charge in [-0.3, -0.25) is 4.79 Å². The fourth-order valence-corrected chi connectivity index (χ4v) is 5.62. The van der Waals surface area contributed by atoms with Gasteiger partial charge in [0.25, 0.3) is 0 Å². The van der Waals surface area contributed by atoms with Crippen LogP contribution in [0.2, 0.25) is 0 Å². The number of hydrogen-bond donors (Lipinski definition) is 1. The number of rotatable bonds is 6. The minimum Gasteiger partial charge on any atom is -0.495 e. The molecule has 1 aliphatic rings. The highest BCUT2D eigenvalue weighted by molar-refractivity contribution is 9.10. The van der Waals surface area contributed by atoms with Crippen LogP contribution in [0.5, 0.6) is 5.75 Å². The molecule has 1 amide bonds. The van der Waals surface area contributed by atoms with Crippen molar-refractivity contribution in [2.24, 2.45) is 5.92 Å². The molecule has 0 saturated carbocycles. The van der Waals surface area contributed by atoms with Crippen LogP contribution in [0.25, 0.3) is 0 Å². The molecule has 1 aliphatic heterocycles. The van der Waals surface area contributed by atoms with Gasteiger partial charge in [-0.05, 0) is 62.1 Å². The van der Waals surface area contributed by atoms with E-state index in [0.717, 1.165) is 15.6 Å². The van der Waals surface area contributed by atoms with Gasteiger partial charge in [0.2, 0.25) is 15.9 Å². The topological polar surface area (TPSA) is 75.7 Å². The van der Waals surface area contributed by atoms with Crippen molar-refractivity contribution in [3.8, 4) is 5.75 Å². The third-order valence-electron chi connectivity index (χ3n) is 5.49. The first-order chi connectivity index (χ1) is 14.2. The maximum absolute atomic E-state index is 13.1. The average molecular weight is 495 g/mol. The quantitative estimate of drug-likeness (QED) is 0.657. The minimum atomic E-state index is -3.67. The van der Waals surface area contributed by atoms with E-state index in [1.165, 1.54) is 11.4 Å². The van der Waals surface area contributed by atoms with Crippen molar-refractivity contribution in [2.45, 2.75) is 37.6 Å². The lowest BCUT2D eigenvalue weighted by Gasteiger charge is -2.31. The second kappa shape index (κ2) is 9.49. The van der Waals surface area contributed by atoms with E-state index >= 15 is 0 Å². The number of ether oxygens (including phenoxy) is 1. The van der Waals surface area contributed by atoms with Crippen LogP contribution in [0.4, 0.5) is 0 Å². The third-order valence-corrected chi connectivity index (χ3v) is 7.94. The summed E-state index contributed by atoms with van der Waals surface area (Å²) in [5.41, 5.74) is 1.88. The molecule has 1 fully saturated rings. The number of piperidine rings is 1. The number of carbonyl (C=O) groups is 1. The smallest absolute Gasteiger partial charge is 0.246 e. The van der Waals surface area contributed by atoms with E-state index in [-0.39, 0.29) is 22.8 Å². The molecule has 0 aromatic heterocycles. The zero-order valence-corrected chi connectivity index (χ0v) is 19.8. The van der Waals surface area contributed by atoms with Gasteiger partial charge in [-0.25, -0.2) is 8.42 Å². The first-order valence-electron chi connectivity index (χ1n) is 9.93. The van der Waals surface area contributed by atoms with Crippen LogP contribution >= 0.6 is 15.9 Å². The van der Waals surface area contributed by atoms with Crippen molar-refractivity contribution >= 4 is 31.9 Å². The largest absolute Gasteiger partial charge is 0.495 e. The molecule has 0 radical (unpaired) electrons. The van der Waals surface area contributed by atoms with Crippen LogP contribution in [-0.4, -0.2) is 38.8 Å². The second-order valence-corrected chi connectivity index (χ2v) is 10.4. The number of nitrogens with one attached hydrogen (secondary N) is 1. The zero-order valence-electron chi connectivity index (χ0n) is 17.4. The maximum Gasteiger partial charge on any atom is 0.246 e. The molecule has 0 spiro atoms. The Kier molecular flexibility index (Phi) is 7.21. The Balaban J connectivity index is 1.63. The van der Waals surface area contributed by atoms with Crippen LogP contribution in [0.1, 0.15) is 36.9 Å². The van der Waals surface area contributed by atoms with E-state index in [1.54, 1.807) is 12.1 Å². The molecule has 0 unspecified atom stereocenters. The molecule has 3 rings (SSSR count). The molecular weight excluding hydrogens is 468 g/mol. The van der Waals surface area contributed by atoms with E-state index in [0.29, 0.717) is 31.7 Å². The summed E-state index contributed by atoms with van der Waals surface area (Å²) in [6.07, 6.45) is 0.985. The molecule has 30 heavy (non-hydrogen) atoms. The summed E-state index contributed by atoms with van der Waals surface area (Å²) < 4.78 is 34.0. The zero-order chi connectivity index (χ0) is 21.9. The lowest BCUT2D eigenvalue weighted by molar-refractivity contribution is -0.126. The SMILES string of the molecule is COc1ccc(C)cc1S(=O)(=O)N1CCC(C(=O)N[C@H](C)c2ccc(Br)cc2)CC1. The van der Waals surface area contributed by atoms with Crippen LogP contribution in [-0.2, 0) is 14.8 Å². The molecule has 2 aromatic rings. The predicted molar refractivity (Wildman–Crippen MR) is 120 cm³/mol. The standard InChI is InChI=1S/C22H27BrN2O4S/c1-15-4-9-20(29-3)21(14-15)30(27,28)25-12-10-18(11-13-25)22(26)24-16(2)17-5-7-19(23)8-6-17/h4-9,14,16,18H,10-13H2,1-3H3,(H,24,26)/t16-/m1/s1. The highest BCUT2D eigenvalue weighted by Crippen LogP contribution is 2.30. The fraction of sp³-hybridized carbons (Fsp3) is 0.409. The van der Waals surface area contributed by atoms with E-state index in [2.05, 4.69) is 21.2 Å². The average Bonchev–Trinajstić information content (AvgIpc) is 2.74. The molecule has 162 valence electrons. The van der Waals surface area contributed by atoms with Crippen molar-refractivity contribution in [1.29, 1.82) is 0 Å². The van der Waals surface area contributed by atoms with E-state index in [4.69, 9.17) is 4.74 Å². The van der Waals surface area contributed by atoms with E-state index < -0.39 is 10.0 Å². The van der Waals surface area contributed by atoms with Crippen LogP contribution in [0.15, 0.2) is 51.8 Å². The van der Waals surface area contributed by atoms with Gasteiger partial charge in [-0.1, -0.05) is 34.1 Å². The summed E-state index contributed by atoms with van der Waals surface area (Å²) in [5.74, 6) is 0.105. The number of nitrogens with zero attached hydrogens (tertiary/aromatic N) is 1. The van der Waals surface area contributed by atoms with Gasteiger partial charge in [0.05, 0.1) is 13.2 Å². The van der Waals surface area contributed by atoms with Crippen LogP contribution in [0, 0.1) is 12.8 Å². The number of hydrogen-bond acceptors (Lipinski definition) is 4. The molecular formula is C22H27BrN2O4S. The maximum atomic E-state index is 13.1. The third kappa shape index (κ3) is 5.04. The van der Waals surface area contributed by atoms with Crippen molar-refractivity contribution in [3.63, 3.8) is 0 Å². The van der Waals surface area contributed by atoms with Gasteiger partial charge < -0.3 is 10.1 Å². The lowest BCUT2D eigenvalue weighted by atomic mass is 9.96. The number of halogens is 1. The number of amides is 1. The molecule has 1 heterocycles. The summed E-state index contributed by atoms with van der Waals surface area (Å²) >= 11 is 3.41. The van der Waals surface area contributed by atoms with E-state index in [1.807, 2.05) is 44.2 Å². The molecule has 1 saturated heterocycles. The number of methoxy groups -OCH3 is 1. The van der Waals surface area contributed by atoms with Crippen molar-refractivity contribution < 1.29 is 17.9 Å². The lowest BCUT2D eigenvalue weighted by Crippen LogP contribution is -2.43. The van der Waals surface area contributed by atoms with Gasteiger partial charge in [-0.2, -0.15) is 4.31 Å². The number of aryl methyl sites for hydroxylation is 1. The first-order valence-corrected chi connectivity index (χ1v) is 12.2. The Hall–Kier alpha value is -1.90. The monoisotopic (exact) mass is 494 g/mol. The number of benzene rings is 2. The molecule has 1 atom stereocenters. The summed E-state index contributed by atoms with van der Waals surface area (Å²) in [4.78, 5) is 12.9. The van der Waals surface area contributed by atoms with Crippen molar-refractivity contribution in [3.05, 3.63) is 58.1 Å². The number of sulfonamides is 1. The highest BCUT2D eigenvalue weighted by atomic mass is 79.9. The Labute approximate surface area is 186 Å². The van der Waals surface area contributed by atoms with E-state index in [9.17, 15) is 13.2 Å². The fourth-order valence-electron chi connectivity index (χ4n) is 3.65. The predicted octanol–water partition coefficient (Wildman–Crippen LogP) is 4.04. The Bertz CT molecular complexity index is 1000. The van der Waals surface area contributed by atoms with Crippen LogP contribution in [0.3, 0.4) is 0 Å². The Morgan fingerprint density at radius 2 is 1.80 bits per heavy atom. The van der Waals surface area contributed by atoms with Gasteiger partial charge in [-0.15, -0.1) is 0 Å².